The van der Waals surface area contributed by atoms with E-state index >= 15 is 0 Å². The van der Waals surface area contributed by atoms with Crippen LogP contribution in [-0.2, 0) is 16.1 Å². The van der Waals surface area contributed by atoms with E-state index in [0.717, 1.165) is 5.56 Å². The highest BCUT2D eigenvalue weighted by Gasteiger charge is 2.26. The molecular formula is C13H18N2O4. The third kappa shape index (κ3) is 3.82. The molecule has 0 aliphatic carbocycles. The maximum absolute atomic E-state index is 11.9. The average molecular weight is 266 g/mol. The number of nitrogens with one attached hydrogen (secondary N) is 1. The molecule has 0 saturated carbocycles. The van der Waals surface area contributed by atoms with E-state index in [2.05, 4.69) is 5.32 Å². The molecule has 104 valence electrons. The topological polar surface area (TPSA) is 82.8 Å². The first kappa shape index (κ1) is 13.6. The van der Waals surface area contributed by atoms with Gasteiger partial charge in [0.05, 0.1) is 25.0 Å². The van der Waals surface area contributed by atoms with Crippen molar-refractivity contribution in [1.82, 2.24) is 10.2 Å². The predicted octanol–water partition coefficient (Wildman–Crippen LogP) is 0.692. The van der Waals surface area contributed by atoms with Gasteiger partial charge in [-0.15, -0.1) is 0 Å². The molecule has 0 aromatic carbocycles. The fourth-order valence-electron chi connectivity index (χ4n) is 2.19. The molecule has 6 heteroatoms. The van der Waals surface area contributed by atoms with Gasteiger partial charge in [-0.3, -0.25) is 9.59 Å². The molecule has 0 bridgehead atoms. The SMILES string of the molecule is O=C(O)C1CCN(C(=O)CNCc2ccoc2)CC1. The number of furan rings is 1. The maximum Gasteiger partial charge on any atom is 0.306 e. The number of aliphatic carboxylic acids is 1. The van der Waals surface area contributed by atoms with Gasteiger partial charge in [-0.1, -0.05) is 0 Å². The van der Waals surface area contributed by atoms with Crippen LogP contribution in [0.5, 0.6) is 0 Å². The lowest BCUT2D eigenvalue weighted by Crippen LogP contribution is -2.43. The third-order valence-corrected chi connectivity index (χ3v) is 3.38. The Morgan fingerprint density at radius 2 is 2.16 bits per heavy atom. The van der Waals surface area contributed by atoms with Crippen molar-refractivity contribution in [2.75, 3.05) is 19.6 Å². The number of piperidine rings is 1. The summed E-state index contributed by atoms with van der Waals surface area (Å²) in [5.74, 6) is -1.04. The standard InChI is InChI=1S/C13H18N2O4/c16-12(8-14-7-10-3-6-19-9-10)15-4-1-11(2-5-15)13(17)18/h3,6,9,11,14H,1-2,4-5,7-8H2,(H,17,18). The summed E-state index contributed by atoms with van der Waals surface area (Å²) in [5.41, 5.74) is 0.998. The van der Waals surface area contributed by atoms with Crippen molar-refractivity contribution >= 4 is 11.9 Å². The van der Waals surface area contributed by atoms with Crippen molar-refractivity contribution in [2.24, 2.45) is 5.92 Å². The van der Waals surface area contributed by atoms with Crippen molar-refractivity contribution in [3.8, 4) is 0 Å². The van der Waals surface area contributed by atoms with Gasteiger partial charge < -0.3 is 19.7 Å². The van der Waals surface area contributed by atoms with Crippen LogP contribution in [0.4, 0.5) is 0 Å². The van der Waals surface area contributed by atoms with E-state index in [1.165, 1.54) is 0 Å². The summed E-state index contributed by atoms with van der Waals surface area (Å²) in [6.07, 6.45) is 4.32. The molecule has 1 saturated heterocycles. The zero-order valence-electron chi connectivity index (χ0n) is 10.7. The van der Waals surface area contributed by atoms with Crippen LogP contribution in [0.15, 0.2) is 23.0 Å². The van der Waals surface area contributed by atoms with Gasteiger partial charge in [0.2, 0.25) is 5.91 Å². The summed E-state index contributed by atoms with van der Waals surface area (Å²) >= 11 is 0. The molecule has 2 rings (SSSR count). The summed E-state index contributed by atoms with van der Waals surface area (Å²) in [5, 5.41) is 11.9. The molecule has 2 N–H and O–H groups in total. The van der Waals surface area contributed by atoms with Crippen molar-refractivity contribution < 1.29 is 19.1 Å². The number of carbonyl (C=O) groups excluding carboxylic acids is 1. The lowest BCUT2D eigenvalue weighted by atomic mass is 9.97. The minimum atomic E-state index is -0.759. The number of nitrogens with zero attached hydrogens (tertiary/aromatic N) is 1. The van der Waals surface area contributed by atoms with E-state index < -0.39 is 5.97 Å². The smallest absolute Gasteiger partial charge is 0.306 e. The van der Waals surface area contributed by atoms with Crippen LogP contribution in [0.2, 0.25) is 0 Å². The number of carbonyl (C=O) groups is 2. The lowest BCUT2D eigenvalue weighted by Gasteiger charge is -2.30. The molecular weight excluding hydrogens is 248 g/mol. The Labute approximate surface area is 111 Å². The second-order valence-corrected chi connectivity index (χ2v) is 4.73. The number of carboxylic acids is 1. The fraction of sp³-hybridized carbons (Fsp3) is 0.538. The molecule has 1 aliphatic rings. The van der Waals surface area contributed by atoms with Gasteiger partial charge in [0.1, 0.15) is 0 Å². The second-order valence-electron chi connectivity index (χ2n) is 4.73. The second kappa shape index (κ2) is 6.38. The van der Waals surface area contributed by atoms with Crippen LogP contribution < -0.4 is 5.32 Å². The highest BCUT2D eigenvalue weighted by molar-refractivity contribution is 5.78. The third-order valence-electron chi connectivity index (χ3n) is 3.38. The van der Waals surface area contributed by atoms with Gasteiger partial charge >= 0.3 is 5.97 Å². The summed E-state index contributed by atoms with van der Waals surface area (Å²) < 4.78 is 4.93. The number of hydrogen-bond donors (Lipinski definition) is 2. The van der Waals surface area contributed by atoms with Crippen LogP contribution in [-0.4, -0.2) is 41.5 Å². The molecule has 1 amide bonds. The van der Waals surface area contributed by atoms with Gasteiger partial charge in [0.25, 0.3) is 0 Å². The molecule has 0 radical (unpaired) electrons. The predicted molar refractivity (Wildman–Crippen MR) is 67.4 cm³/mol. The minimum absolute atomic E-state index is 0.0207. The first-order valence-corrected chi connectivity index (χ1v) is 6.39. The molecule has 0 atom stereocenters. The van der Waals surface area contributed by atoms with E-state index in [-0.39, 0.29) is 18.4 Å². The Morgan fingerprint density at radius 3 is 2.74 bits per heavy atom. The molecule has 1 fully saturated rings. The van der Waals surface area contributed by atoms with Crippen LogP contribution in [0.3, 0.4) is 0 Å². The van der Waals surface area contributed by atoms with E-state index in [4.69, 9.17) is 9.52 Å². The Hall–Kier alpha value is -1.82. The van der Waals surface area contributed by atoms with Crippen molar-refractivity contribution in [3.05, 3.63) is 24.2 Å². The van der Waals surface area contributed by atoms with Crippen molar-refractivity contribution in [1.29, 1.82) is 0 Å². The molecule has 6 nitrogen and oxygen atoms in total. The van der Waals surface area contributed by atoms with Gasteiger partial charge in [-0.05, 0) is 18.9 Å². The van der Waals surface area contributed by atoms with Gasteiger partial charge in [0.15, 0.2) is 0 Å². The summed E-state index contributed by atoms with van der Waals surface area (Å²) in [6, 6.07) is 1.84. The molecule has 0 unspecified atom stereocenters. The Morgan fingerprint density at radius 1 is 1.42 bits per heavy atom. The first-order valence-electron chi connectivity index (χ1n) is 6.39. The molecule has 1 aromatic rings. The summed E-state index contributed by atoms with van der Waals surface area (Å²) in [6.45, 7) is 1.92. The van der Waals surface area contributed by atoms with Crippen LogP contribution >= 0.6 is 0 Å². The molecule has 0 spiro atoms. The molecule has 19 heavy (non-hydrogen) atoms. The first-order chi connectivity index (χ1) is 9.16. The van der Waals surface area contributed by atoms with E-state index in [0.29, 0.717) is 32.5 Å². The maximum atomic E-state index is 11.9. The minimum Gasteiger partial charge on any atom is -0.481 e. The summed E-state index contributed by atoms with van der Waals surface area (Å²) in [4.78, 5) is 24.4. The number of hydrogen-bond acceptors (Lipinski definition) is 4. The zero-order valence-corrected chi connectivity index (χ0v) is 10.7. The van der Waals surface area contributed by atoms with Gasteiger partial charge in [0, 0.05) is 25.2 Å². The number of likely N-dealkylation sites (tertiary alicyclic amines) is 1. The highest BCUT2D eigenvalue weighted by atomic mass is 16.4. The highest BCUT2D eigenvalue weighted by Crippen LogP contribution is 2.17. The largest absolute Gasteiger partial charge is 0.481 e. The molecule has 1 aliphatic heterocycles. The molecule has 2 heterocycles. The fourth-order valence-corrected chi connectivity index (χ4v) is 2.19. The van der Waals surface area contributed by atoms with Gasteiger partial charge in [-0.25, -0.2) is 0 Å². The van der Waals surface area contributed by atoms with Gasteiger partial charge in [-0.2, -0.15) is 0 Å². The molecule has 1 aromatic heterocycles. The monoisotopic (exact) mass is 266 g/mol. The quantitative estimate of drug-likeness (QED) is 0.819. The zero-order chi connectivity index (χ0) is 13.7. The lowest BCUT2D eigenvalue weighted by molar-refractivity contribution is -0.145. The van der Waals surface area contributed by atoms with Crippen molar-refractivity contribution in [3.63, 3.8) is 0 Å². The Kier molecular flexibility index (Phi) is 4.57. The number of rotatable bonds is 5. The van der Waals surface area contributed by atoms with Crippen LogP contribution in [0.25, 0.3) is 0 Å². The number of amides is 1. The Balaban J connectivity index is 1.68. The number of carboxylic acid groups (broad SMARTS) is 1. The van der Waals surface area contributed by atoms with Crippen molar-refractivity contribution in [2.45, 2.75) is 19.4 Å². The average Bonchev–Trinajstić information content (AvgIpc) is 2.92. The van der Waals surface area contributed by atoms with Crippen LogP contribution in [0, 0.1) is 5.92 Å². The van der Waals surface area contributed by atoms with E-state index in [1.807, 2.05) is 6.07 Å². The van der Waals surface area contributed by atoms with E-state index in [9.17, 15) is 9.59 Å². The summed E-state index contributed by atoms with van der Waals surface area (Å²) in [7, 11) is 0. The van der Waals surface area contributed by atoms with E-state index in [1.54, 1.807) is 17.4 Å². The normalized spacial score (nSPS) is 16.5. The van der Waals surface area contributed by atoms with Crippen LogP contribution in [0.1, 0.15) is 18.4 Å². The Bertz CT molecular complexity index is 422.